The normalized spacial score (nSPS) is 22.5. The minimum atomic E-state index is -1.22. The van der Waals surface area contributed by atoms with Crippen LogP contribution in [0.4, 0.5) is 4.79 Å². The van der Waals surface area contributed by atoms with Gasteiger partial charge in [-0.05, 0) is 74.9 Å². The fourth-order valence-electron chi connectivity index (χ4n) is 5.28. The van der Waals surface area contributed by atoms with Crippen LogP contribution in [-0.4, -0.2) is 52.7 Å². The second-order valence-corrected chi connectivity index (χ2v) is 11.8. The fourth-order valence-corrected chi connectivity index (χ4v) is 5.28. The van der Waals surface area contributed by atoms with E-state index in [1.54, 1.807) is 69.3 Å². The summed E-state index contributed by atoms with van der Waals surface area (Å²) in [6.45, 7) is 5.18. The maximum absolute atomic E-state index is 13.7. The molecule has 2 aromatic rings. The number of carboxylic acid groups (broad SMARTS) is 1. The molecule has 10 heteroatoms. The van der Waals surface area contributed by atoms with Crippen LogP contribution in [0.3, 0.4) is 0 Å². The lowest BCUT2D eigenvalue weighted by atomic mass is 9.83. The van der Waals surface area contributed by atoms with Crippen molar-refractivity contribution in [3.63, 3.8) is 0 Å². The Bertz CT molecular complexity index is 1250. The lowest BCUT2D eigenvalue weighted by molar-refractivity contribution is -0.142. The molecule has 4 N–H and O–H groups in total. The standard InChI is InChI=1S/C31H39N3O7/c1-31(2,3)41-30(39)33-24-17-19-12-14-22(15-13-19)40-23-11-7-8-20(16-23)18-25(29(37)38)32-28(36)26(34-27(24)35)21-9-5-4-6-10-21/h7-8,11-16,21,24-26H,4-6,9-10,17-18H2,1-3H3,(H,32,36)(H,33,39)(H,34,35)(H,37,38)/t24-,25+,26+/m1/s1. The van der Waals surface area contributed by atoms with Gasteiger partial charge in [0.2, 0.25) is 11.8 Å². The maximum atomic E-state index is 13.7. The van der Waals surface area contributed by atoms with Crippen molar-refractivity contribution in [3.8, 4) is 11.5 Å². The van der Waals surface area contributed by atoms with Gasteiger partial charge >= 0.3 is 12.1 Å². The topological polar surface area (TPSA) is 143 Å². The predicted octanol–water partition coefficient (Wildman–Crippen LogP) is 4.11. The van der Waals surface area contributed by atoms with E-state index in [0.29, 0.717) is 17.1 Å². The first-order valence-corrected chi connectivity index (χ1v) is 14.2. The number of fused-ring (bicyclic) bond motifs is 10. The number of carbonyl (C=O) groups excluding carboxylic acids is 3. The average molecular weight is 566 g/mol. The average Bonchev–Trinajstić information content (AvgIpc) is 2.91. The molecule has 0 spiro atoms. The lowest BCUT2D eigenvalue weighted by Gasteiger charge is -2.32. The molecular formula is C31H39N3O7. The molecule has 0 unspecified atom stereocenters. The third kappa shape index (κ3) is 8.70. The lowest BCUT2D eigenvalue weighted by Crippen LogP contribution is -2.59. The molecule has 4 bridgehead atoms. The van der Waals surface area contributed by atoms with Crippen LogP contribution in [0.1, 0.15) is 64.0 Å². The molecule has 5 rings (SSSR count). The highest BCUT2D eigenvalue weighted by Crippen LogP contribution is 2.28. The van der Waals surface area contributed by atoms with Crippen LogP contribution >= 0.6 is 0 Å². The highest BCUT2D eigenvalue weighted by atomic mass is 16.6. The molecule has 0 radical (unpaired) electrons. The molecule has 2 heterocycles. The van der Waals surface area contributed by atoms with E-state index in [1.165, 1.54) is 0 Å². The Kier molecular flexibility index (Phi) is 9.52. The molecule has 2 aromatic carbocycles. The van der Waals surface area contributed by atoms with Crippen molar-refractivity contribution in [1.82, 2.24) is 16.0 Å². The quantitative estimate of drug-likeness (QED) is 0.439. The zero-order chi connectivity index (χ0) is 29.6. The Hall–Kier alpha value is -4.08. The zero-order valence-corrected chi connectivity index (χ0v) is 23.8. The van der Waals surface area contributed by atoms with Gasteiger partial charge in [-0.25, -0.2) is 9.59 Å². The molecule has 2 aliphatic heterocycles. The van der Waals surface area contributed by atoms with E-state index in [-0.39, 0.29) is 18.8 Å². The highest BCUT2D eigenvalue weighted by Gasteiger charge is 2.36. The first kappa shape index (κ1) is 29.9. The van der Waals surface area contributed by atoms with Gasteiger partial charge in [-0.1, -0.05) is 43.5 Å². The summed E-state index contributed by atoms with van der Waals surface area (Å²) in [5.41, 5.74) is 0.663. The second-order valence-electron chi connectivity index (χ2n) is 11.8. The Labute approximate surface area is 240 Å². The molecule has 0 saturated heterocycles. The molecule has 1 aliphatic carbocycles. The zero-order valence-electron chi connectivity index (χ0n) is 23.8. The van der Waals surface area contributed by atoms with Gasteiger partial charge in [-0.2, -0.15) is 0 Å². The molecule has 3 atom stereocenters. The van der Waals surface area contributed by atoms with Crippen LogP contribution in [-0.2, 0) is 32.0 Å². The fraction of sp³-hybridized carbons (Fsp3) is 0.484. The van der Waals surface area contributed by atoms with Crippen molar-refractivity contribution in [2.75, 3.05) is 0 Å². The van der Waals surface area contributed by atoms with Gasteiger partial charge < -0.3 is 30.5 Å². The van der Waals surface area contributed by atoms with Crippen molar-refractivity contribution < 1.29 is 33.8 Å². The van der Waals surface area contributed by atoms with Crippen molar-refractivity contribution in [1.29, 1.82) is 0 Å². The Morgan fingerprint density at radius 1 is 0.902 bits per heavy atom. The molecule has 41 heavy (non-hydrogen) atoms. The maximum Gasteiger partial charge on any atom is 0.408 e. The van der Waals surface area contributed by atoms with Crippen molar-refractivity contribution in [2.24, 2.45) is 5.92 Å². The summed E-state index contributed by atoms with van der Waals surface area (Å²) >= 11 is 0. The van der Waals surface area contributed by atoms with Crippen molar-refractivity contribution in [2.45, 2.75) is 89.4 Å². The van der Waals surface area contributed by atoms with Gasteiger partial charge in [0.15, 0.2) is 0 Å². The first-order valence-electron chi connectivity index (χ1n) is 14.2. The van der Waals surface area contributed by atoms with E-state index >= 15 is 0 Å². The Balaban J connectivity index is 1.70. The second kappa shape index (κ2) is 13.1. The first-order chi connectivity index (χ1) is 19.5. The third-order valence-electron chi connectivity index (χ3n) is 7.26. The SMILES string of the molecule is CC(C)(C)OC(=O)N[C@@H]1Cc2ccc(cc2)Oc2cccc(c2)C[C@@H](C(=O)O)NC(=O)[C@H](C2CCCCC2)NC1=O. The van der Waals surface area contributed by atoms with Crippen molar-refractivity contribution in [3.05, 3.63) is 59.7 Å². The van der Waals surface area contributed by atoms with Gasteiger partial charge in [-0.15, -0.1) is 0 Å². The number of nitrogens with one attached hydrogen (secondary N) is 3. The summed E-state index contributed by atoms with van der Waals surface area (Å²) in [5, 5.41) is 18.2. The molecule has 1 saturated carbocycles. The Morgan fingerprint density at radius 3 is 2.27 bits per heavy atom. The largest absolute Gasteiger partial charge is 0.480 e. The van der Waals surface area contributed by atoms with Crippen LogP contribution < -0.4 is 20.7 Å². The smallest absolute Gasteiger partial charge is 0.408 e. The number of benzene rings is 2. The number of amides is 3. The minimum Gasteiger partial charge on any atom is -0.480 e. The van der Waals surface area contributed by atoms with E-state index in [2.05, 4.69) is 16.0 Å². The van der Waals surface area contributed by atoms with E-state index in [9.17, 15) is 24.3 Å². The predicted molar refractivity (Wildman–Crippen MR) is 152 cm³/mol. The van der Waals surface area contributed by atoms with Crippen LogP contribution in [0.5, 0.6) is 11.5 Å². The number of rotatable bonds is 3. The summed E-state index contributed by atoms with van der Waals surface area (Å²) in [4.78, 5) is 52.2. The molecule has 3 amide bonds. The molecule has 3 aliphatic rings. The van der Waals surface area contributed by atoms with Gasteiger partial charge in [-0.3, -0.25) is 9.59 Å². The van der Waals surface area contributed by atoms with Crippen LogP contribution in [0.2, 0.25) is 0 Å². The van der Waals surface area contributed by atoms with Gasteiger partial charge in [0.1, 0.15) is 35.2 Å². The van der Waals surface area contributed by atoms with Crippen molar-refractivity contribution >= 4 is 23.9 Å². The molecular weight excluding hydrogens is 526 g/mol. The molecule has 1 fully saturated rings. The molecule has 220 valence electrons. The number of hydrogen-bond acceptors (Lipinski definition) is 6. The molecule has 10 nitrogen and oxygen atoms in total. The van der Waals surface area contributed by atoms with E-state index in [0.717, 1.165) is 37.7 Å². The number of carbonyl (C=O) groups is 4. The summed E-state index contributed by atoms with van der Waals surface area (Å²) in [6.07, 6.45) is 3.71. The number of aliphatic carboxylic acids is 1. The van der Waals surface area contributed by atoms with Crippen LogP contribution in [0.25, 0.3) is 0 Å². The summed E-state index contributed by atoms with van der Waals surface area (Å²) < 4.78 is 11.4. The van der Waals surface area contributed by atoms with Crippen LogP contribution in [0, 0.1) is 5.92 Å². The molecule has 0 aromatic heterocycles. The monoisotopic (exact) mass is 565 g/mol. The van der Waals surface area contributed by atoms with Crippen LogP contribution in [0.15, 0.2) is 48.5 Å². The number of hydrogen-bond donors (Lipinski definition) is 4. The number of alkyl carbamates (subject to hydrolysis) is 1. The van der Waals surface area contributed by atoms with E-state index in [4.69, 9.17) is 9.47 Å². The van der Waals surface area contributed by atoms with E-state index in [1.807, 2.05) is 0 Å². The number of carboxylic acids is 1. The summed E-state index contributed by atoms with van der Waals surface area (Å²) in [6, 6.07) is 11.0. The minimum absolute atomic E-state index is 0.0331. The third-order valence-corrected chi connectivity index (χ3v) is 7.26. The number of ether oxygens (including phenoxy) is 2. The van der Waals surface area contributed by atoms with Gasteiger partial charge in [0.05, 0.1) is 0 Å². The highest BCUT2D eigenvalue weighted by molar-refractivity contribution is 5.93. The Morgan fingerprint density at radius 2 is 1.61 bits per heavy atom. The van der Waals surface area contributed by atoms with Gasteiger partial charge in [0.25, 0.3) is 0 Å². The summed E-state index contributed by atoms with van der Waals surface area (Å²) in [7, 11) is 0. The van der Waals surface area contributed by atoms with E-state index < -0.39 is 47.6 Å². The van der Waals surface area contributed by atoms with Gasteiger partial charge in [0, 0.05) is 12.8 Å². The summed E-state index contributed by atoms with van der Waals surface area (Å²) in [5.74, 6) is -1.38.